The Morgan fingerprint density at radius 3 is 2.95 bits per heavy atom. The van der Waals surface area contributed by atoms with Gasteiger partial charge in [-0.3, -0.25) is 9.59 Å². The summed E-state index contributed by atoms with van der Waals surface area (Å²) in [5.41, 5.74) is 1.27. The maximum absolute atomic E-state index is 12.3. The Kier molecular flexibility index (Phi) is 4.24. The second-order valence-corrected chi connectivity index (χ2v) is 4.68. The van der Waals surface area contributed by atoms with Gasteiger partial charge in [-0.15, -0.1) is 0 Å². The molecule has 2 amide bonds. The zero-order chi connectivity index (χ0) is 15.4. The Bertz CT molecular complexity index is 658. The first kappa shape index (κ1) is 14.6. The van der Waals surface area contributed by atoms with Crippen molar-refractivity contribution >= 4 is 17.5 Å². The molecule has 2 N–H and O–H groups in total. The van der Waals surface area contributed by atoms with Crippen molar-refractivity contribution in [3.63, 3.8) is 0 Å². The first-order valence-electron chi connectivity index (χ1n) is 6.40. The van der Waals surface area contributed by atoms with E-state index in [1.54, 1.807) is 31.2 Å². The maximum atomic E-state index is 12.3. The molecule has 0 saturated carbocycles. The average molecular weight is 285 g/mol. The largest absolute Gasteiger partial charge is 0.497 e. The number of benzene rings is 1. The third-order valence-electron chi connectivity index (χ3n) is 3.24. The molecule has 0 radical (unpaired) electrons. The van der Waals surface area contributed by atoms with Gasteiger partial charge in [-0.2, -0.15) is 5.26 Å². The number of ether oxygens (including phenoxy) is 1. The number of carbonyl (C=O) groups is 2. The number of methoxy groups -OCH3 is 1. The summed E-state index contributed by atoms with van der Waals surface area (Å²) in [5.74, 6) is -0.803. The van der Waals surface area contributed by atoms with Crippen LogP contribution in [-0.4, -0.2) is 18.9 Å². The molecule has 1 heterocycles. The maximum Gasteiger partial charge on any atom is 0.233 e. The van der Waals surface area contributed by atoms with E-state index in [9.17, 15) is 9.59 Å². The van der Waals surface area contributed by atoms with Gasteiger partial charge >= 0.3 is 0 Å². The molecule has 6 nitrogen and oxygen atoms in total. The lowest BCUT2D eigenvalue weighted by atomic mass is 9.90. The molecule has 1 atom stereocenters. The van der Waals surface area contributed by atoms with Gasteiger partial charge in [0, 0.05) is 23.9 Å². The summed E-state index contributed by atoms with van der Waals surface area (Å²) in [7, 11) is 1.53. The Labute approximate surface area is 122 Å². The fraction of sp³-hybridized carbons (Fsp3) is 0.267. The third kappa shape index (κ3) is 3.20. The highest BCUT2D eigenvalue weighted by molar-refractivity contribution is 5.99. The minimum absolute atomic E-state index is 0.0317. The molecule has 6 heteroatoms. The number of hydrogen-bond acceptors (Lipinski definition) is 4. The molecule has 0 fully saturated rings. The second kappa shape index (κ2) is 6.09. The van der Waals surface area contributed by atoms with Crippen LogP contribution in [0.5, 0.6) is 5.75 Å². The van der Waals surface area contributed by atoms with E-state index in [0.717, 1.165) is 0 Å². The highest BCUT2D eigenvalue weighted by atomic mass is 16.5. The summed E-state index contributed by atoms with van der Waals surface area (Å²) >= 11 is 0. The van der Waals surface area contributed by atoms with Crippen LogP contribution in [-0.2, 0) is 9.59 Å². The van der Waals surface area contributed by atoms with Crippen LogP contribution in [0.4, 0.5) is 5.69 Å². The molecule has 1 aromatic rings. The Hall–Kier alpha value is -2.81. The lowest BCUT2D eigenvalue weighted by molar-refractivity contribution is -0.126. The van der Waals surface area contributed by atoms with Crippen molar-refractivity contribution in [1.82, 2.24) is 5.32 Å². The summed E-state index contributed by atoms with van der Waals surface area (Å²) < 4.78 is 5.08. The number of nitrogens with one attached hydrogen (secondary N) is 2. The molecular formula is C15H15N3O3. The number of nitrogens with zero attached hydrogens (tertiary/aromatic N) is 1. The molecule has 0 spiro atoms. The van der Waals surface area contributed by atoms with E-state index < -0.39 is 5.92 Å². The lowest BCUT2D eigenvalue weighted by Crippen LogP contribution is -2.37. The van der Waals surface area contributed by atoms with E-state index in [1.807, 2.05) is 6.07 Å². The predicted molar refractivity (Wildman–Crippen MR) is 76.2 cm³/mol. The quantitative estimate of drug-likeness (QED) is 0.881. The number of nitriles is 1. The van der Waals surface area contributed by atoms with Gasteiger partial charge in [0.1, 0.15) is 5.75 Å². The molecule has 1 aliphatic rings. The smallest absolute Gasteiger partial charge is 0.233 e. The van der Waals surface area contributed by atoms with Crippen LogP contribution in [0.15, 0.2) is 35.5 Å². The zero-order valence-electron chi connectivity index (χ0n) is 11.8. The van der Waals surface area contributed by atoms with Crippen molar-refractivity contribution in [2.24, 2.45) is 5.92 Å². The van der Waals surface area contributed by atoms with E-state index in [1.165, 1.54) is 7.11 Å². The van der Waals surface area contributed by atoms with E-state index in [2.05, 4.69) is 10.6 Å². The molecule has 108 valence electrons. The number of rotatable bonds is 3. The van der Waals surface area contributed by atoms with Crippen molar-refractivity contribution in [3.05, 3.63) is 35.5 Å². The minimum Gasteiger partial charge on any atom is -0.497 e. The first-order valence-corrected chi connectivity index (χ1v) is 6.40. The van der Waals surface area contributed by atoms with Gasteiger partial charge in [0.05, 0.1) is 24.7 Å². The summed E-state index contributed by atoms with van der Waals surface area (Å²) in [6, 6.07) is 8.88. The Balaban J connectivity index is 2.21. The highest BCUT2D eigenvalue weighted by Gasteiger charge is 2.31. The van der Waals surface area contributed by atoms with Crippen molar-refractivity contribution in [2.75, 3.05) is 12.4 Å². The first-order chi connectivity index (χ1) is 10.0. The normalized spacial score (nSPS) is 17.8. The predicted octanol–water partition coefficient (Wildman–Crippen LogP) is 1.57. The summed E-state index contributed by atoms with van der Waals surface area (Å²) in [6.45, 7) is 1.61. The Morgan fingerprint density at radius 2 is 2.29 bits per heavy atom. The Morgan fingerprint density at radius 1 is 1.52 bits per heavy atom. The summed E-state index contributed by atoms with van der Waals surface area (Å²) in [6.07, 6.45) is -0.0317. The van der Waals surface area contributed by atoms with Crippen LogP contribution in [0, 0.1) is 17.2 Å². The van der Waals surface area contributed by atoms with Gasteiger partial charge in [-0.05, 0) is 19.1 Å². The number of allylic oxidation sites excluding steroid dienone is 1. The van der Waals surface area contributed by atoms with Crippen LogP contribution >= 0.6 is 0 Å². The highest BCUT2D eigenvalue weighted by Crippen LogP contribution is 2.25. The van der Waals surface area contributed by atoms with Crippen LogP contribution in [0.1, 0.15) is 13.3 Å². The van der Waals surface area contributed by atoms with Crippen LogP contribution in [0.3, 0.4) is 0 Å². The molecule has 0 aliphatic carbocycles. The van der Waals surface area contributed by atoms with Gasteiger partial charge in [0.25, 0.3) is 0 Å². The van der Waals surface area contributed by atoms with Gasteiger partial charge in [0.15, 0.2) is 0 Å². The molecule has 0 aromatic heterocycles. The molecule has 2 rings (SSSR count). The zero-order valence-corrected chi connectivity index (χ0v) is 11.8. The SMILES string of the molecule is COc1cccc(NC(=O)[C@@H]2CC(=O)NC(C)=C2C#N)c1. The molecule has 1 aliphatic heterocycles. The second-order valence-electron chi connectivity index (χ2n) is 4.68. The molecule has 0 unspecified atom stereocenters. The van der Waals surface area contributed by atoms with Crippen LogP contribution < -0.4 is 15.4 Å². The number of amides is 2. The minimum atomic E-state index is -0.769. The number of hydrogen-bond donors (Lipinski definition) is 2. The molecule has 0 saturated heterocycles. The fourth-order valence-electron chi connectivity index (χ4n) is 2.19. The van der Waals surface area contributed by atoms with Crippen LogP contribution in [0.2, 0.25) is 0 Å². The van der Waals surface area contributed by atoms with Gasteiger partial charge in [0.2, 0.25) is 11.8 Å². The van der Waals surface area contributed by atoms with Crippen molar-refractivity contribution < 1.29 is 14.3 Å². The number of anilines is 1. The van der Waals surface area contributed by atoms with Crippen molar-refractivity contribution in [1.29, 1.82) is 5.26 Å². The molecular weight excluding hydrogens is 270 g/mol. The van der Waals surface area contributed by atoms with Crippen molar-refractivity contribution in [3.8, 4) is 11.8 Å². The standard InChI is InChI=1S/C15H15N3O3/c1-9-13(8-16)12(7-14(19)17-9)15(20)18-10-4-3-5-11(6-10)21-2/h3-6,12H,7H2,1-2H3,(H,17,19)(H,18,20)/t12-/m1/s1. The van der Waals surface area contributed by atoms with Gasteiger partial charge < -0.3 is 15.4 Å². The molecule has 1 aromatic carbocycles. The fourth-order valence-corrected chi connectivity index (χ4v) is 2.19. The van der Waals surface area contributed by atoms with E-state index in [0.29, 0.717) is 17.1 Å². The topological polar surface area (TPSA) is 91.2 Å². The lowest BCUT2D eigenvalue weighted by Gasteiger charge is -2.22. The van der Waals surface area contributed by atoms with E-state index in [4.69, 9.17) is 10.00 Å². The summed E-state index contributed by atoms with van der Waals surface area (Å²) in [4.78, 5) is 23.9. The average Bonchev–Trinajstić information content (AvgIpc) is 2.46. The van der Waals surface area contributed by atoms with Gasteiger partial charge in [-0.25, -0.2) is 0 Å². The monoisotopic (exact) mass is 285 g/mol. The summed E-state index contributed by atoms with van der Waals surface area (Å²) in [5, 5.41) is 14.4. The van der Waals surface area contributed by atoms with Crippen LogP contribution in [0.25, 0.3) is 0 Å². The van der Waals surface area contributed by atoms with E-state index in [-0.39, 0.29) is 23.8 Å². The molecule has 21 heavy (non-hydrogen) atoms. The third-order valence-corrected chi connectivity index (χ3v) is 3.24. The van der Waals surface area contributed by atoms with E-state index >= 15 is 0 Å². The number of carbonyl (C=O) groups excluding carboxylic acids is 2. The van der Waals surface area contributed by atoms with Gasteiger partial charge in [-0.1, -0.05) is 6.07 Å². The van der Waals surface area contributed by atoms with Crippen molar-refractivity contribution in [2.45, 2.75) is 13.3 Å². The molecule has 0 bridgehead atoms.